The van der Waals surface area contributed by atoms with Crippen molar-refractivity contribution < 1.29 is 9.21 Å². The van der Waals surface area contributed by atoms with Crippen LogP contribution >= 0.6 is 11.3 Å². The number of allylic oxidation sites excluding steroid dienone is 8. The summed E-state index contributed by atoms with van der Waals surface area (Å²) >= 11 is 1.80. The Hall–Kier alpha value is -6.03. The Morgan fingerprint density at radius 1 is 0.680 bits per heavy atom. The molecule has 0 saturated heterocycles. The van der Waals surface area contributed by atoms with Crippen LogP contribution in [0.1, 0.15) is 24.0 Å². The number of hydrogen-bond donors (Lipinski definition) is 0. The molecule has 8 rings (SSSR count). The van der Waals surface area contributed by atoms with Crippen LogP contribution in [-0.2, 0) is 4.79 Å². The lowest BCUT2D eigenvalue weighted by Gasteiger charge is -2.15. The van der Waals surface area contributed by atoms with Crippen molar-refractivity contribution in [2.45, 2.75) is 12.8 Å². The maximum absolute atomic E-state index is 12.3. The molecule has 0 fully saturated rings. The third kappa shape index (κ3) is 5.83. The van der Waals surface area contributed by atoms with Gasteiger partial charge in [-0.2, -0.15) is 0 Å². The lowest BCUT2D eigenvalue weighted by Crippen LogP contribution is -2.29. The summed E-state index contributed by atoms with van der Waals surface area (Å²) in [6, 6.07) is 41.6. The number of fused-ring (bicyclic) bond motifs is 5. The minimum atomic E-state index is 0.589. The first-order valence-electron chi connectivity index (χ1n) is 16.8. The fraction of sp³-hybridized carbons (Fsp3) is 0.0426. The highest BCUT2D eigenvalue weighted by atomic mass is 32.1. The molecule has 1 aliphatic carbocycles. The number of carbonyl (C=O) groups is 1. The summed E-state index contributed by atoms with van der Waals surface area (Å²) in [6.45, 7) is 9.31. The molecule has 0 bridgehead atoms. The number of benzene rings is 5. The normalized spacial score (nSPS) is 17.0. The Morgan fingerprint density at radius 3 is 2.14 bits per heavy atom. The SMILES string of the molecule is C=C(/C=C(\C=O)c1ccccc1)C1=c2\cccc\c2=C(C(=C)c2cc3c(cc2-c2cc4ccccc4o2)sc2ccccc23)\C=C\CC\C=C\1. The highest BCUT2D eigenvalue weighted by Crippen LogP contribution is 2.42. The summed E-state index contributed by atoms with van der Waals surface area (Å²) in [5.41, 5.74) is 8.01. The molecule has 2 aromatic heterocycles. The lowest BCUT2D eigenvalue weighted by molar-refractivity contribution is -0.103. The van der Waals surface area contributed by atoms with Crippen molar-refractivity contribution in [3.63, 3.8) is 0 Å². The molecular formula is C47H34O2S. The molecule has 50 heavy (non-hydrogen) atoms. The molecule has 2 nitrogen and oxygen atoms in total. The van der Waals surface area contributed by atoms with Crippen molar-refractivity contribution >= 4 is 71.1 Å². The van der Waals surface area contributed by atoms with Crippen LogP contribution in [-0.4, -0.2) is 6.29 Å². The summed E-state index contributed by atoms with van der Waals surface area (Å²) < 4.78 is 8.97. The van der Waals surface area contributed by atoms with Gasteiger partial charge in [-0.3, -0.25) is 4.79 Å². The monoisotopic (exact) mass is 662 g/mol. The lowest BCUT2D eigenvalue weighted by atomic mass is 9.89. The zero-order valence-corrected chi connectivity index (χ0v) is 28.4. The number of aldehydes is 1. The average molecular weight is 663 g/mol. The van der Waals surface area contributed by atoms with Gasteiger partial charge in [0.1, 0.15) is 11.3 Å². The summed E-state index contributed by atoms with van der Waals surface area (Å²) in [7, 11) is 0. The van der Waals surface area contributed by atoms with E-state index in [-0.39, 0.29) is 0 Å². The molecular weight excluding hydrogens is 629 g/mol. The van der Waals surface area contributed by atoms with Crippen LogP contribution in [0.5, 0.6) is 0 Å². The zero-order valence-electron chi connectivity index (χ0n) is 27.6. The first-order chi connectivity index (χ1) is 24.6. The van der Waals surface area contributed by atoms with Gasteiger partial charge in [-0.25, -0.2) is 0 Å². The highest BCUT2D eigenvalue weighted by Gasteiger charge is 2.19. The van der Waals surface area contributed by atoms with Gasteiger partial charge in [0.2, 0.25) is 0 Å². The Bertz CT molecular complexity index is 2660. The van der Waals surface area contributed by atoms with E-state index in [9.17, 15) is 4.79 Å². The van der Waals surface area contributed by atoms with Crippen LogP contribution < -0.4 is 10.4 Å². The molecule has 0 spiro atoms. The molecule has 5 aromatic carbocycles. The molecule has 1 aliphatic rings. The van der Waals surface area contributed by atoms with E-state index >= 15 is 0 Å². The quantitative estimate of drug-likeness (QED) is 0.0966. The first-order valence-corrected chi connectivity index (χ1v) is 17.6. The second-order valence-electron chi connectivity index (χ2n) is 12.5. The number of hydrogen-bond acceptors (Lipinski definition) is 3. The second kappa shape index (κ2) is 13.5. The van der Waals surface area contributed by atoms with E-state index in [2.05, 4.69) is 104 Å². The minimum absolute atomic E-state index is 0.589. The fourth-order valence-corrected chi connectivity index (χ4v) is 7.96. The maximum Gasteiger partial charge on any atom is 0.150 e. The maximum atomic E-state index is 12.3. The predicted molar refractivity (Wildman–Crippen MR) is 213 cm³/mol. The summed E-state index contributed by atoms with van der Waals surface area (Å²) in [5, 5.41) is 5.57. The Labute approximate surface area is 295 Å². The van der Waals surface area contributed by atoms with Gasteiger partial charge in [0, 0.05) is 36.7 Å². The van der Waals surface area contributed by atoms with E-state index in [4.69, 9.17) is 11.0 Å². The molecule has 0 N–H and O–H groups in total. The van der Waals surface area contributed by atoms with Crippen molar-refractivity contribution in [1.82, 2.24) is 0 Å². The Kier molecular flexibility index (Phi) is 8.42. The van der Waals surface area contributed by atoms with Crippen molar-refractivity contribution in [2.24, 2.45) is 0 Å². The average Bonchev–Trinajstić information content (AvgIpc) is 3.76. The van der Waals surface area contributed by atoms with E-state index < -0.39 is 0 Å². The minimum Gasteiger partial charge on any atom is -0.456 e. The van der Waals surface area contributed by atoms with Gasteiger partial charge in [0.15, 0.2) is 6.29 Å². The van der Waals surface area contributed by atoms with E-state index in [0.29, 0.717) is 5.57 Å². The van der Waals surface area contributed by atoms with Crippen molar-refractivity contribution in [2.75, 3.05) is 0 Å². The standard InChI is InChI=1S/C47H34O2S/c1-31(26-35(30-48)33-16-6-5-7-17-33)36-19-8-3-4-9-20-37(39-22-12-11-21-38(36)39)32(2)41-28-43-40-23-13-15-25-46(40)50-47(43)29-42(41)45-27-34-18-10-14-24-44(34)49-45/h5-30H,1-4H2/b19-8+,20-9+,35-26+,38-36+,39-37+. The largest absolute Gasteiger partial charge is 0.456 e. The van der Waals surface area contributed by atoms with Crippen molar-refractivity contribution in [3.8, 4) is 11.3 Å². The number of thiophene rings is 1. The molecule has 2 heterocycles. The van der Waals surface area contributed by atoms with E-state index in [0.717, 1.165) is 85.3 Å². The van der Waals surface area contributed by atoms with Gasteiger partial charge < -0.3 is 4.42 Å². The van der Waals surface area contributed by atoms with Crippen molar-refractivity contribution in [3.05, 3.63) is 192 Å². The van der Waals surface area contributed by atoms with Gasteiger partial charge in [-0.1, -0.05) is 128 Å². The van der Waals surface area contributed by atoms with Gasteiger partial charge in [-0.15, -0.1) is 11.3 Å². The van der Waals surface area contributed by atoms with Crippen LogP contribution in [0.4, 0.5) is 0 Å². The molecule has 240 valence electrons. The summed E-state index contributed by atoms with van der Waals surface area (Å²) in [6.07, 6.45) is 13.3. The van der Waals surface area contributed by atoms with Gasteiger partial charge >= 0.3 is 0 Å². The molecule has 0 saturated carbocycles. The van der Waals surface area contributed by atoms with Crippen molar-refractivity contribution in [1.29, 1.82) is 0 Å². The van der Waals surface area contributed by atoms with Gasteiger partial charge in [0.25, 0.3) is 0 Å². The highest BCUT2D eigenvalue weighted by molar-refractivity contribution is 7.25. The fourth-order valence-electron chi connectivity index (χ4n) is 6.84. The molecule has 7 aromatic rings. The molecule has 0 amide bonds. The van der Waals surface area contributed by atoms with E-state index in [1.54, 1.807) is 11.3 Å². The van der Waals surface area contributed by atoms with Crippen LogP contribution in [0, 0.1) is 0 Å². The Morgan fingerprint density at radius 2 is 1.36 bits per heavy atom. The smallest absolute Gasteiger partial charge is 0.150 e. The van der Waals surface area contributed by atoms with Crippen LogP contribution in [0.3, 0.4) is 0 Å². The second-order valence-corrected chi connectivity index (χ2v) is 13.6. The van der Waals surface area contributed by atoms with Crippen LogP contribution in [0.15, 0.2) is 175 Å². The number of rotatable bonds is 7. The molecule has 0 aliphatic heterocycles. The molecule has 0 atom stereocenters. The number of furan rings is 1. The van der Waals surface area contributed by atoms with E-state index in [1.807, 2.05) is 54.6 Å². The van der Waals surface area contributed by atoms with Gasteiger partial charge in [-0.05, 0) is 93.1 Å². The number of para-hydroxylation sites is 1. The van der Waals surface area contributed by atoms with Crippen LogP contribution in [0.2, 0.25) is 0 Å². The third-order valence-corrected chi connectivity index (χ3v) is 10.5. The summed E-state index contributed by atoms with van der Waals surface area (Å²) in [5.74, 6) is 0.815. The molecule has 3 heteroatoms. The third-order valence-electron chi connectivity index (χ3n) is 9.34. The molecule has 0 unspecified atom stereocenters. The summed E-state index contributed by atoms with van der Waals surface area (Å²) in [4.78, 5) is 12.3. The topological polar surface area (TPSA) is 30.2 Å². The number of carbonyl (C=O) groups excluding carboxylic acids is 1. The molecule has 0 radical (unpaired) electrons. The van der Waals surface area contributed by atoms with Crippen LogP contribution in [0.25, 0.3) is 64.8 Å². The Balaban J connectivity index is 1.39. The van der Waals surface area contributed by atoms with E-state index in [1.165, 1.54) is 20.2 Å². The predicted octanol–water partition coefficient (Wildman–Crippen LogP) is 11.2. The first kappa shape index (κ1) is 31.3. The van der Waals surface area contributed by atoms with Gasteiger partial charge in [0.05, 0.1) is 0 Å². The zero-order chi connectivity index (χ0) is 34.0.